The van der Waals surface area contributed by atoms with Crippen LogP contribution in [0.1, 0.15) is 32.3 Å². The number of rotatable bonds is 10. The average molecular weight is 605 g/mol. The number of thioether (sulfide) groups is 1. The fraction of sp³-hybridized carbons (Fsp3) is 0.0588. The van der Waals surface area contributed by atoms with Gasteiger partial charge in [0.2, 0.25) is 5.91 Å². The fourth-order valence-corrected chi connectivity index (χ4v) is 5.64. The third-order valence-corrected chi connectivity index (χ3v) is 8.24. The molecule has 7 nitrogen and oxygen atoms in total. The Hall–Kier alpha value is -4.99. The largest absolute Gasteiger partial charge is 0.321 e. The Balaban J connectivity index is 1.32. The predicted octanol–water partition coefficient (Wildman–Crippen LogP) is 7.33. The lowest BCUT2D eigenvalue weighted by Gasteiger charge is -2.16. The number of nitrogens with zero attached hydrogens (tertiary/aromatic N) is 1. The molecule has 3 N–H and O–H groups in total. The normalized spacial score (nSPS) is 11.8. The third-order valence-electron chi connectivity index (χ3n) is 6.29. The van der Waals surface area contributed by atoms with Crippen molar-refractivity contribution in [2.75, 3.05) is 10.6 Å². The van der Waals surface area contributed by atoms with Crippen LogP contribution in [-0.4, -0.2) is 22.7 Å². The summed E-state index contributed by atoms with van der Waals surface area (Å²) in [7, 11) is 0. The Morgan fingerprint density at radius 2 is 1.49 bits per heavy atom. The fourth-order valence-electron chi connectivity index (χ4n) is 4.08. The predicted molar refractivity (Wildman–Crippen MR) is 174 cm³/mol. The van der Waals surface area contributed by atoms with E-state index in [0.29, 0.717) is 16.4 Å². The molecule has 0 aliphatic rings. The lowest BCUT2D eigenvalue weighted by molar-refractivity contribution is -0.116. The van der Waals surface area contributed by atoms with Crippen LogP contribution in [0.4, 0.5) is 10.8 Å². The van der Waals surface area contributed by atoms with Gasteiger partial charge in [0.05, 0.1) is 0 Å². The first kappa shape index (κ1) is 29.5. The second kappa shape index (κ2) is 14.3. The number of aryl methyl sites for hydroxylation is 1. The molecule has 1 heterocycles. The van der Waals surface area contributed by atoms with Gasteiger partial charge in [0.1, 0.15) is 10.9 Å². The van der Waals surface area contributed by atoms with Gasteiger partial charge >= 0.3 is 0 Å². The Morgan fingerprint density at radius 3 is 2.14 bits per heavy atom. The summed E-state index contributed by atoms with van der Waals surface area (Å²) in [5.74, 6) is -1.03. The van der Waals surface area contributed by atoms with Crippen LogP contribution in [0.2, 0.25) is 0 Å². The molecular formula is C34H28N4O3S2. The van der Waals surface area contributed by atoms with Gasteiger partial charge in [-0.3, -0.25) is 14.4 Å². The number of hydrogen-bond acceptors (Lipinski definition) is 6. The maximum Gasteiger partial charge on any atom is 0.272 e. The van der Waals surface area contributed by atoms with Crippen LogP contribution in [0.5, 0.6) is 0 Å². The number of carbonyl (C=O) groups excluding carboxylic acids is 3. The number of benzene rings is 4. The summed E-state index contributed by atoms with van der Waals surface area (Å²) in [6.07, 6.45) is 3.29. The smallest absolute Gasteiger partial charge is 0.272 e. The molecule has 1 unspecified atom stereocenters. The molecule has 0 saturated heterocycles. The van der Waals surface area contributed by atoms with Crippen molar-refractivity contribution >= 4 is 57.7 Å². The van der Waals surface area contributed by atoms with E-state index in [1.54, 1.807) is 48.7 Å². The molecule has 3 amide bonds. The molecule has 1 atom stereocenters. The first-order chi connectivity index (χ1) is 20.9. The Kier molecular flexibility index (Phi) is 9.78. The van der Waals surface area contributed by atoms with Crippen LogP contribution >= 0.6 is 23.1 Å². The van der Waals surface area contributed by atoms with E-state index in [4.69, 9.17) is 0 Å². The second-order valence-electron chi connectivity index (χ2n) is 9.50. The molecular weight excluding hydrogens is 577 g/mol. The molecule has 1 aromatic heterocycles. The summed E-state index contributed by atoms with van der Waals surface area (Å²) >= 11 is 2.76. The zero-order valence-corrected chi connectivity index (χ0v) is 24.8. The molecule has 9 heteroatoms. The van der Waals surface area contributed by atoms with Crippen molar-refractivity contribution in [1.82, 2.24) is 10.3 Å². The highest BCUT2D eigenvalue weighted by Crippen LogP contribution is 2.37. The molecule has 5 aromatic rings. The number of thiazole rings is 1. The number of anilines is 2. The van der Waals surface area contributed by atoms with Gasteiger partial charge in [-0.1, -0.05) is 78.4 Å². The minimum Gasteiger partial charge on any atom is -0.321 e. The number of nitrogens with one attached hydrogen (secondary N) is 3. The van der Waals surface area contributed by atoms with Gasteiger partial charge in [-0.2, -0.15) is 0 Å². The summed E-state index contributed by atoms with van der Waals surface area (Å²) in [4.78, 5) is 44.5. The maximum atomic E-state index is 13.4. The van der Waals surface area contributed by atoms with E-state index in [9.17, 15) is 14.4 Å². The number of carbonyl (C=O) groups is 3. The van der Waals surface area contributed by atoms with Crippen molar-refractivity contribution in [3.63, 3.8) is 0 Å². The highest BCUT2D eigenvalue weighted by molar-refractivity contribution is 8.00. The van der Waals surface area contributed by atoms with E-state index in [0.717, 1.165) is 21.6 Å². The maximum absolute atomic E-state index is 13.4. The summed E-state index contributed by atoms with van der Waals surface area (Å²) in [6, 6.07) is 33.2. The van der Waals surface area contributed by atoms with E-state index in [-0.39, 0.29) is 17.5 Å². The van der Waals surface area contributed by atoms with E-state index in [1.807, 2.05) is 85.1 Å². The van der Waals surface area contributed by atoms with Gasteiger partial charge in [0.25, 0.3) is 11.8 Å². The van der Waals surface area contributed by atoms with Gasteiger partial charge in [-0.05, 0) is 60.5 Å². The van der Waals surface area contributed by atoms with Crippen molar-refractivity contribution in [2.45, 2.75) is 17.1 Å². The molecule has 0 fully saturated rings. The summed E-state index contributed by atoms with van der Waals surface area (Å²) in [5.41, 5.74) is 3.82. The Bertz CT molecular complexity index is 1710. The highest BCUT2D eigenvalue weighted by atomic mass is 32.2. The van der Waals surface area contributed by atoms with Gasteiger partial charge in [-0.25, -0.2) is 4.98 Å². The second-order valence-corrected chi connectivity index (χ2v) is 11.6. The Labute approximate surface area is 258 Å². The molecule has 0 saturated carbocycles. The molecule has 5 rings (SSSR count). The summed E-state index contributed by atoms with van der Waals surface area (Å²) in [5, 5.41) is 10.4. The first-order valence-electron chi connectivity index (χ1n) is 13.4. The number of hydrogen-bond donors (Lipinski definition) is 3. The van der Waals surface area contributed by atoms with Gasteiger partial charge < -0.3 is 16.0 Å². The molecule has 4 aromatic carbocycles. The van der Waals surface area contributed by atoms with Crippen molar-refractivity contribution in [3.8, 4) is 0 Å². The van der Waals surface area contributed by atoms with E-state index < -0.39 is 11.2 Å². The van der Waals surface area contributed by atoms with Gasteiger partial charge in [0, 0.05) is 27.7 Å². The molecule has 214 valence electrons. The van der Waals surface area contributed by atoms with E-state index in [1.165, 1.54) is 23.1 Å². The molecule has 0 aliphatic heterocycles. The molecule has 0 aliphatic carbocycles. The minimum absolute atomic E-state index is 0.110. The SMILES string of the molecule is Cc1ccc(/C=C(\NC(=O)c2ccccc2)C(=O)Nc2ccc(SC(C(=O)Nc3nccs3)c3ccccc3)cc2)cc1. The quantitative estimate of drug-likeness (QED) is 0.114. The Morgan fingerprint density at radius 1 is 0.814 bits per heavy atom. The summed E-state index contributed by atoms with van der Waals surface area (Å²) in [6.45, 7) is 1.98. The van der Waals surface area contributed by atoms with Crippen LogP contribution in [0.25, 0.3) is 6.08 Å². The van der Waals surface area contributed by atoms with Crippen LogP contribution < -0.4 is 16.0 Å². The van der Waals surface area contributed by atoms with E-state index in [2.05, 4.69) is 20.9 Å². The van der Waals surface area contributed by atoms with E-state index >= 15 is 0 Å². The van der Waals surface area contributed by atoms with Crippen LogP contribution in [0.3, 0.4) is 0 Å². The molecule has 0 radical (unpaired) electrons. The topological polar surface area (TPSA) is 100 Å². The van der Waals surface area contributed by atoms with Crippen LogP contribution in [0, 0.1) is 6.92 Å². The molecule has 43 heavy (non-hydrogen) atoms. The standard InChI is InChI=1S/C34H28N4O3S2/c1-23-12-14-24(15-13-23)22-29(37-31(39)26-10-6-3-7-11-26)32(40)36-27-16-18-28(19-17-27)43-30(25-8-4-2-5-9-25)33(41)38-34-35-20-21-42-34/h2-22,30H,1H3,(H,36,40)(H,37,39)(H,35,38,41)/b29-22-. The third kappa shape index (κ3) is 8.28. The minimum atomic E-state index is -0.511. The van der Waals surface area contributed by atoms with Crippen molar-refractivity contribution in [1.29, 1.82) is 0 Å². The van der Waals surface area contributed by atoms with Gasteiger partial charge in [-0.15, -0.1) is 23.1 Å². The lowest BCUT2D eigenvalue weighted by Crippen LogP contribution is -2.30. The zero-order valence-electron chi connectivity index (χ0n) is 23.2. The molecule has 0 spiro atoms. The molecule has 0 bridgehead atoms. The monoisotopic (exact) mass is 604 g/mol. The number of amides is 3. The van der Waals surface area contributed by atoms with Crippen LogP contribution in [-0.2, 0) is 9.59 Å². The highest BCUT2D eigenvalue weighted by Gasteiger charge is 2.23. The zero-order chi connectivity index (χ0) is 30.0. The van der Waals surface area contributed by atoms with Crippen molar-refractivity contribution < 1.29 is 14.4 Å². The van der Waals surface area contributed by atoms with Crippen molar-refractivity contribution in [3.05, 3.63) is 149 Å². The average Bonchev–Trinajstić information content (AvgIpc) is 3.55. The van der Waals surface area contributed by atoms with Gasteiger partial charge in [0.15, 0.2) is 5.13 Å². The lowest BCUT2D eigenvalue weighted by atomic mass is 10.1. The first-order valence-corrected chi connectivity index (χ1v) is 15.2. The van der Waals surface area contributed by atoms with Crippen LogP contribution in [0.15, 0.2) is 131 Å². The number of aromatic nitrogens is 1. The van der Waals surface area contributed by atoms with Crippen molar-refractivity contribution in [2.24, 2.45) is 0 Å². The summed E-state index contributed by atoms with van der Waals surface area (Å²) < 4.78 is 0.